The summed E-state index contributed by atoms with van der Waals surface area (Å²) in [5.74, 6) is -1.37. The van der Waals surface area contributed by atoms with Gasteiger partial charge in [0.05, 0.1) is 11.8 Å². The van der Waals surface area contributed by atoms with Crippen molar-refractivity contribution in [1.29, 1.82) is 0 Å². The molecule has 0 heterocycles. The highest BCUT2D eigenvalue weighted by atomic mass is 16.1. The number of hydrogen-bond donors (Lipinski definition) is 0. The zero-order chi connectivity index (χ0) is 22.5. The number of carbonyl (C=O) groups is 2. The Kier molecular flexibility index (Phi) is 6.42. The first kappa shape index (κ1) is 21.5. The van der Waals surface area contributed by atoms with Crippen molar-refractivity contribution in [2.45, 2.75) is 25.7 Å². The molecule has 0 amide bonds. The Hall–Kier alpha value is -3.78. The Morgan fingerprint density at radius 2 is 0.781 bits per heavy atom. The van der Waals surface area contributed by atoms with Crippen molar-refractivity contribution in [1.82, 2.24) is 0 Å². The third kappa shape index (κ3) is 4.60. The maximum atomic E-state index is 13.9. The van der Waals surface area contributed by atoms with Gasteiger partial charge in [0.25, 0.3) is 0 Å². The molecular weight excluding hydrogens is 392 g/mol. The summed E-state index contributed by atoms with van der Waals surface area (Å²) in [6, 6.07) is 34.4. The van der Waals surface area contributed by atoms with Gasteiger partial charge in [-0.1, -0.05) is 120 Å². The van der Waals surface area contributed by atoms with Gasteiger partial charge in [-0.05, 0) is 25.0 Å². The van der Waals surface area contributed by atoms with E-state index in [-0.39, 0.29) is 11.6 Å². The summed E-state index contributed by atoms with van der Waals surface area (Å²) in [4.78, 5) is 27.8. The molecule has 0 aliphatic heterocycles. The molecule has 0 aromatic heterocycles. The molecule has 0 N–H and O–H groups in total. The predicted molar refractivity (Wildman–Crippen MR) is 129 cm³/mol. The summed E-state index contributed by atoms with van der Waals surface area (Å²) >= 11 is 0. The van der Waals surface area contributed by atoms with Crippen LogP contribution >= 0.6 is 0 Å². The van der Waals surface area contributed by atoms with Gasteiger partial charge in [0.1, 0.15) is 0 Å². The van der Waals surface area contributed by atoms with Crippen LogP contribution in [0.2, 0.25) is 0 Å². The summed E-state index contributed by atoms with van der Waals surface area (Å²) in [5, 5.41) is 0. The SMILES string of the molecule is Cc1ccc(C(C(=O)c2ccccc2)C(C(=O)c2ccccc2)c2ccc(C)cc2)cc1. The number of hydrogen-bond acceptors (Lipinski definition) is 2. The Morgan fingerprint density at radius 1 is 0.469 bits per heavy atom. The summed E-state index contributed by atoms with van der Waals surface area (Å²) in [7, 11) is 0. The van der Waals surface area contributed by atoms with E-state index in [0.29, 0.717) is 11.1 Å². The average Bonchev–Trinajstić information content (AvgIpc) is 2.84. The summed E-state index contributed by atoms with van der Waals surface area (Å²) in [6.07, 6.45) is 0. The predicted octanol–water partition coefficient (Wildman–Crippen LogP) is 6.94. The van der Waals surface area contributed by atoms with Crippen LogP contribution in [-0.2, 0) is 0 Å². The molecule has 0 fully saturated rings. The second-order valence-corrected chi connectivity index (χ2v) is 8.24. The first-order chi connectivity index (χ1) is 15.5. The molecule has 0 radical (unpaired) electrons. The van der Waals surface area contributed by atoms with Crippen LogP contribution in [0.25, 0.3) is 0 Å². The van der Waals surface area contributed by atoms with Gasteiger partial charge in [-0.2, -0.15) is 0 Å². The van der Waals surface area contributed by atoms with Gasteiger partial charge in [-0.15, -0.1) is 0 Å². The first-order valence-corrected chi connectivity index (χ1v) is 10.9. The molecule has 2 unspecified atom stereocenters. The molecule has 4 aromatic rings. The molecule has 0 saturated carbocycles. The molecule has 2 heteroatoms. The standard InChI is InChI=1S/C30H26O2/c1-21-13-17-23(18-14-21)27(29(31)25-9-5-3-6-10-25)28(24-19-15-22(2)16-20-24)30(32)26-11-7-4-8-12-26/h3-20,27-28H,1-2H3. The van der Waals surface area contributed by atoms with Crippen molar-refractivity contribution in [2.75, 3.05) is 0 Å². The Labute approximate surface area is 189 Å². The Balaban J connectivity index is 1.91. The van der Waals surface area contributed by atoms with Gasteiger partial charge >= 0.3 is 0 Å². The second kappa shape index (κ2) is 9.57. The Bertz CT molecular complexity index is 1090. The van der Waals surface area contributed by atoms with E-state index in [0.717, 1.165) is 22.3 Å². The summed E-state index contributed by atoms with van der Waals surface area (Å²) in [6.45, 7) is 4.04. The van der Waals surface area contributed by atoms with E-state index in [9.17, 15) is 9.59 Å². The summed E-state index contributed by atoms with van der Waals surface area (Å²) < 4.78 is 0. The second-order valence-electron chi connectivity index (χ2n) is 8.24. The molecule has 0 bridgehead atoms. The minimum Gasteiger partial charge on any atom is -0.293 e. The van der Waals surface area contributed by atoms with Crippen molar-refractivity contribution < 1.29 is 9.59 Å². The fourth-order valence-corrected chi connectivity index (χ4v) is 4.10. The van der Waals surface area contributed by atoms with Crippen molar-refractivity contribution in [3.8, 4) is 0 Å². The average molecular weight is 419 g/mol. The lowest BCUT2D eigenvalue weighted by molar-refractivity contribution is 0.0866. The summed E-state index contributed by atoms with van der Waals surface area (Å²) in [5.41, 5.74) is 5.13. The number of Topliss-reactive ketones (excluding diaryl/α,β-unsaturated/α-hetero) is 2. The minimum absolute atomic E-state index is 0.0516. The first-order valence-electron chi connectivity index (χ1n) is 10.9. The van der Waals surface area contributed by atoms with Crippen LogP contribution in [-0.4, -0.2) is 11.6 Å². The number of benzene rings is 4. The van der Waals surface area contributed by atoms with E-state index in [2.05, 4.69) is 0 Å². The van der Waals surface area contributed by atoms with Crippen molar-refractivity contribution >= 4 is 11.6 Å². The molecule has 2 nitrogen and oxygen atoms in total. The molecule has 0 spiro atoms. The fraction of sp³-hybridized carbons (Fsp3) is 0.133. The van der Waals surface area contributed by atoms with Crippen molar-refractivity contribution in [3.05, 3.63) is 143 Å². The molecular formula is C30H26O2. The Morgan fingerprint density at radius 3 is 1.09 bits per heavy atom. The third-order valence-electron chi connectivity index (χ3n) is 5.89. The zero-order valence-corrected chi connectivity index (χ0v) is 18.4. The van der Waals surface area contributed by atoms with E-state index in [1.807, 2.05) is 123 Å². The van der Waals surface area contributed by atoms with Gasteiger partial charge in [0, 0.05) is 11.1 Å². The monoisotopic (exact) mass is 418 g/mol. The van der Waals surface area contributed by atoms with Crippen LogP contribution in [0.4, 0.5) is 0 Å². The maximum Gasteiger partial charge on any atom is 0.171 e. The quantitative estimate of drug-likeness (QED) is 0.305. The van der Waals surface area contributed by atoms with Gasteiger partial charge in [-0.3, -0.25) is 9.59 Å². The molecule has 158 valence electrons. The number of carbonyl (C=O) groups excluding carboxylic acids is 2. The van der Waals surface area contributed by atoms with E-state index < -0.39 is 11.8 Å². The number of aryl methyl sites for hydroxylation is 2. The normalized spacial score (nSPS) is 12.7. The zero-order valence-electron chi connectivity index (χ0n) is 18.4. The highest BCUT2D eigenvalue weighted by Gasteiger charge is 2.37. The van der Waals surface area contributed by atoms with Gasteiger partial charge < -0.3 is 0 Å². The van der Waals surface area contributed by atoms with Crippen LogP contribution in [0.15, 0.2) is 109 Å². The van der Waals surface area contributed by atoms with E-state index in [1.54, 1.807) is 0 Å². The lowest BCUT2D eigenvalue weighted by atomic mass is 9.73. The van der Waals surface area contributed by atoms with Crippen LogP contribution < -0.4 is 0 Å². The molecule has 4 rings (SSSR count). The van der Waals surface area contributed by atoms with Crippen LogP contribution in [0.1, 0.15) is 54.8 Å². The van der Waals surface area contributed by atoms with E-state index in [4.69, 9.17) is 0 Å². The third-order valence-corrected chi connectivity index (χ3v) is 5.89. The molecule has 0 aliphatic carbocycles. The van der Waals surface area contributed by atoms with E-state index >= 15 is 0 Å². The van der Waals surface area contributed by atoms with Crippen molar-refractivity contribution in [3.63, 3.8) is 0 Å². The van der Waals surface area contributed by atoms with Gasteiger partial charge in [0.2, 0.25) is 0 Å². The number of ketones is 2. The van der Waals surface area contributed by atoms with E-state index in [1.165, 1.54) is 0 Å². The molecule has 2 atom stereocenters. The van der Waals surface area contributed by atoms with Crippen molar-refractivity contribution in [2.24, 2.45) is 0 Å². The topological polar surface area (TPSA) is 34.1 Å². The molecule has 0 saturated heterocycles. The lowest BCUT2D eigenvalue weighted by Gasteiger charge is -2.27. The molecule has 0 aliphatic rings. The van der Waals surface area contributed by atoms with Gasteiger partial charge in [0.15, 0.2) is 11.6 Å². The highest BCUT2D eigenvalue weighted by Crippen LogP contribution is 2.38. The molecule has 32 heavy (non-hydrogen) atoms. The minimum atomic E-state index is -0.631. The van der Waals surface area contributed by atoms with Crippen LogP contribution in [0, 0.1) is 13.8 Å². The smallest absolute Gasteiger partial charge is 0.171 e. The fourth-order valence-electron chi connectivity index (χ4n) is 4.10. The number of rotatable bonds is 7. The van der Waals surface area contributed by atoms with Crippen LogP contribution in [0.5, 0.6) is 0 Å². The van der Waals surface area contributed by atoms with Crippen LogP contribution in [0.3, 0.4) is 0 Å². The van der Waals surface area contributed by atoms with Gasteiger partial charge in [-0.25, -0.2) is 0 Å². The maximum absolute atomic E-state index is 13.9. The highest BCUT2D eigenvalue weighted by molar-refractivity contribution is 6.09. The lowest BCUT2D eigenvalue weighted by Crippen LogP contribution is -2.27. The largest absolute Gasteiger partial charge is 0.293 e. The molecule has 4 aromatic carbocycles.